The molecule has 0 radical (unpaired) electrons. The Bertz CT molecular complexity index is 993. The van der Waals surface area contributed by atoms with Crippen LogP contribution in [0.4, 0.5) is 5.69 Å². The minimum atomic E-state index is 0.0103. The van der Waals surface area contributed by atoms with Crippen LogP contribution in [0.25, 0.3) is 0 Å². The summed E-state index contributed by atoms with van der Waals surface area (Å²) in [5.74, 6) is 0.467. The number of allylic oxidation sites excluding steroid dienone is 10. The van der Waals surface area contributed by atoms with Crippen molar-refractivity contribution in [1.29, 1.82) is 0 Å². The summed E-state index contributed by atoms with van der Waals surface area (Å²) in [6, 6.07) is 8.81. The van der Waals surface area contributed by atoms with Crippen molar-refractivity contribution in [2.24, 2.45) is 16.3 Å². The van der Waals surface area contributed by atoms with Gasteiger partial charge >= 0.3 is 0 Å². The molecule has 148 valence electrons. The average Bonchev–Trinajstić information content (AvgIpc) is 3.11. The Hall–Kier alpha value is -2.87. The van der Waals surface area contributed by atoms with Crippen LogP contribution in [0, 0.1) is 11.3 Å². The van der Waals surface area contributed by atoms with Crippen LogP contribution in [0.15, 0.2) is 102 Å². The lowest BCUT2D eigenvalue weighted by Crippen LogP contribution is -2.29. The number of nitrogens with one attached hydrogen (secondary N) is 1. The number of rotatable bonds is 4. The smallest absolute Gasteiger partial charge is 0.0758 e. The van der Waals surface area contributed by atoms with Gasteiger partial charge in [0.05, 0.1) is 6.04 Å². The van der Waals surface area contributed by atoms with Crippen LogP contribution in [0.3, 0.4) is 0 Å². The highest BCUT2D eigenvalue weighted by atomic mass is 14.9. The number of nitrogens with zero attached hydrogens (tertiary/aromatic N) is 1. The van der Waals surface area contributed by atoms with Crippen molar-refractivity contribution in [2.75, 3.05) is 5.32 Å². The topological polar surface area (TPSA) is 24.4 Å². The fourth-order valence-electron chi connectivity index (χ4n) is 4.47. The molecule has 2 atom stereocenters. The monoisotopic (exact) mass is 382 g/mol. The van der Waals surface area contributed by atoms with Crippen molar-refractivity contribution >= 4 is 11.4 Å². The first kappa shape index (κ1) is 19.4. The van der Waals surface area contributed by atoms with Gasteiger partial charge in [-0.3, -0.25) is 4.99 Å². The number of aliphatic imine (C=N–C) groups is 1. The maximum Gasteiger partial charge on any atom is 0.0758 e. The molecule has 2 nitrogen and oxygen atoms in total. The van der Waals surface area contributed by atoms with E-state index >= 15 is 0 Å². The predicted molar refractivity (Wildman–Crippen MR) is 125 cm³/mol. The first-order valence-electron chi connectivity index (χ1n) is 10.4. The molecule has 2 heterocycles. The molecule has 1 aromatic carbocycles. The molecule has 0 fully saturated rings. The van der Waals surface area contributed by atoms with Crippen molar-refractivity contribution in [3.8, 4) is 0 Å². The Kier molecular flexibility index (Phi) is 5.04. The van der Waals surface area contributed by atoms with E-state index in [1.54, 1.807) is 0 Å². The van der Waals surface area contributed by atoms with Gasteiger partial charge in [0.25, 0.3) is 0 Å². The standard InChI is InChI=1S/C27H30N2/c1-26(2)20-14-10-12-16-22(20)28-24(26)18-8-6-5-7-9-19-25-27(3,4)21-15-11-13-17-23(21)29-25/h5-20,22,29H,1-4H3/b6-5+,9-7+,18-8+,25-19+. The predicted octanol–water partition coefficient (Wildman–Crippen LogP) is 6.53. The summed E-state index contributed by atoms with van der Waals surface area (Å²) in [5, 5.41) is 3.54. The number of hydrogen-bond donors (Lipinski definition) is 1. The van der Waals surface area contributed by atoms with E-state index in [-0.39, 0.29) is 16.9 Å². The average molecular weight is 383 g/mol. The highest BCUT2D eigenvalue weighted by Gasteiger charge is 2.42. The second-order valence-corrected chi connectivity index (χ2v) is 9.03. The molecule has 0 bridgehead atoms. The van der Waals surface area contributed by atoms with Crippen LogP contribution < -0.4 is 5.32 Å². The van der Waals surface area contributed by atoms with Crippen LogP contribution in [0.1, 0.15) is 33.3 Å². The zero-order chi connectivity index (χ0) is 20.5. The highest BCUT2D eigenvalue weighted by Crippen LogP contribution is 2.43. The van der Waals surface area contributed by atoms with Crippen molar-refractivity contribution in [1.82, 2.24) is 0 Å². The Labute approximate surface area is 174 Å². The van der Waals surface area contributed by atoms with E-state index < -0.39 is 0 Å². The quantitative estimate of drug-likeness (QED) is 0.588. The third-order valence-corrected chi connectivity index (χ3v) is 6.39. The summed E-state index contributed by atoms with van der Waals surface area (Å²) in [6.07, 6.45) is 23.5. The van der Waals surface area contributed by atoms with Gasteiger partial charge in [-0.25, -0.2) is 0 Å². The van der Waals surface area contributed by atoms with Gasteiger partial charge in [-0.15, -0.1) is 0 Å². The molecule has 0 spiro atoms. The molecular weight excluding hydrogens is 352 g/mol. The van der Waals surface area contributed by atoms with Crippen molar-refractivity contribution in [3.05, 3.63) is 102 Å². The van der Waals surface area contributed by atoms with Gasteiger partial charge < -0.3 is 5.32 Å². The normalized spacial score (nSPS) is 27.7. The maximum absolute atomic E-state index is 4.91. The van der Waals surface area contributed by atoms with Gasteiger partial charge in [0.1, 0.15) is 0 Å². The fourth-order valence-corrected chi connectivity index (χ4v) is 4.47. The zero-order valence-electron chi connectivity index (χ0n) is 17.8. The summed E-state index contributed by atoms with van der Waals surface area (Å²) >= 11 is 0. The van der Waals surface area contributed by atoms with Crippen molar-refractivity contribution < 1.29 is 0 Å². The summed E-state index contributed by atoms with van der Waals surface area (Å²) < 4.78 is 0. The largest absolute Gasteiger partial charge is 0.358 e. The zero-order valence-corrected chi connectivity index (χ0v) is 17.8. The van der Waals surface area contributed by atoms with Gasteiger partial charge in [-0.05, 0) is 23.8 Å². The molecule has 0 amide bonds. The summed E-state index contributed by atoms with van der Waals surface area (Å²) in [6.45, 7) is 9.09. The van der Waals surface area contributed by atoms with Crippen LogP contribution >= 0.6 is 0 Å². The van der Waals surface area contributed by atoms with Crippen LogP contribution in [0.5, 0.6) is 0 Å². The van der Waals surface area contributed by atoms with Gasteiger partial charge in [0.2, 0.25) is 0 Å². The molecule has 0 aromatic heterocycles. The number of fused-ring (bicyclic) bond motifs is 2. The lowest BCUT2D eigenvalue weighted by atomic mass is 9.73. The van der Waals surface area contributed by atoms with Gasteiger partial charge in [0.15, 0.2) is 0 Å². The summed E-state index contributed by atoms with van der Waals surface area (Å²) in [7, 11) is 0. The van der Waals surface area contributed by atoms with Gasteiger partial charge in [-0.1, -0.05) is 101 Å². The molecular formula is C27H30N2. The van der Waals surface area contributed by atoms with E-state index in [1.807, 2.05) is 0 Å². The Morgan fingerprint density at radius 3 is 2.41 bits per heavy atom. The molecule has 1 N–H and O–H groups in total. The Morgan fingerprint density at radius 1 is 0.897 bits per heavy atom. The molecule has 2 unspecified atom stereocenters. The molecule has 3 aliphatic rings. The number of hydrogen-bond acceptors (Lipinski definition) is 2. The second-order valence-electron chi connectivity index (χ2n) is 9.03. The van der Waals surface area contributed by atoms with Gasteiger partial charge in [0, 0.05) is 33.8 Å². The minimum absolute atomic E-state index is 0.0103. The first-order valence-corrected chi connectivity index (χ1v) is 10.4. The molecule has 29 heavy (non-hydrogen) atoms. The highest BCUT2D eigenvalue weighted by molar-refractivity contribution is 6.01. The number of para-hydroxylation sites is 1. The molecule has 0 saturated carbocycles. The van der Waals surface area contributed by atoms with Crippen LogP contribution in [-0.2, 0) is 5.41 Å². The first-order chi connectivity index (χ1) is 13.9. The molecule has 0 saturated heterocycles. The van der Waals surface area contributed by atoms with E-state index in [1.165, 1.54) is 22.7 Å². The molecule has 1 aliphatic carbocycles. The summed E-state index contributed by atoms with van der Waals surface area (Å²) in [5.41, 5.74) is 5.05. The lowest BCUT2D eigenvalue weighted by molar-refractivity contribution is 0.382. The second kappa shape index (κ2) is 7.51. The van der Waals surface area contributed by atoms with Crippen LogP contribution in [0.2, 0.25) is 0 Å². The molecule has 4 rings (SSSR count). The van der Waals surface area contributed by atoms with E-state index in [2.05, 4.69) is 124 Å². The summed E-state index contributed by atoms with van der Waals surface area (Å²) in [4.78, 5) is 4.91. The van der Waals surface area contributed by atoms with E-state index in [9.17, 15) is 0 Å². The SMILES string of the molecule is CC1(C)\C(=C/C=C/C=C/C=C/C2=NC3C=CC=CC3C2(C)C)Nc2ccccc21. The Morgan fingerprint density at radius 2 is 1.62 bits per heavy atom. The van der Waals surface area contributed by atoms with Crippen LogP contribution in [-0.4, -0.2) is 11.8 Å². The molecule has 2 heteroatoms. The maximum atomic E-state index is 4.91. The Balaban J connectivity index is 1.38. The van der Waals surface area contributed by atoms with Gasteiger partial charge in [-0.2, -0.15) is 0 Å². The molecule has 1 aromatic rings. The van der Waals surface area contributed by atoms with E-state index in [4.69, 9.17) is 4.99 Å². The third kappa shape index (κ3) is 3.60. The number of benzene rings is 1. The minimum Gasteiger partial charge on any atom is -0.358 e. The fraction of sp³-hybridized carbons (Fsp3) is 0.296. The lowest BCUT2D eigenvalue weighted by Gasteiger charge is -2.28. The number of anilines is 1. The third-order valence-electron chi connectivity index (χ3n) is 6.39. The van der Waals surface area contributed by atoms with E-state index in [0.717, 1.165) is 0 Å². The molecule has 2 aliphatic heterocycles. The van der Waals surface area contributed by atoms with Crippen molar-refractivity contribution in [3.63, 3.8) is 0 Å². The van der Waals surface area contributed by atoms with E-state index in [0.29, 0.717) is 5.92 Å². The van der Waals surface area contributed by atoms with Crippen molar-refractivity contribution in [2.45, 2.75) is 39.2 Å².